The fraction of sp³-hybridized carbons (Fsp3) is 0.267. The van der Waals surface area contributed by atoms with Gasteiger partial charge in [0, 0.05) is 13.8 Å². The maximum absolute atomic E-state index is 11.9. The molecule has 0 amide bonds. The molecule has 7 heteroatoms. The Bertz CT molecular complexity index is 663. The van der Waals surface area contributed by atoms with E-state index >= 15 is 0 Å². The average molecular weight is 306 g/mol. The lowest BCUT2D eigenvalue weighted by Crippen LogP contribution is -2.41. The Kier molecular flexibility index (Phi) is 3.90. The van der Waals surface area contributed by atoms with Gasteiger partial charge >= 0.3 is 17.9 Å². The first-order valence-corrected chi connectivity index (χ1v) is 6.33. The van der Waals surface area contributed by atoms with Crippen molar-refractivity contribution in [2.75, 3.05) is 7.11 Å². The highest BCUT2D eigenvalue weighted by Gasteiger charge is 2.39. The molecule has 0 bridgehead atoms. The molecule has 2 rings (SSSR count). The van der Waals surface area contributed by atoms with Gasteiger partial charge < -0.3 is 19.3 Å². The van der Waals surface area contributed by atoms with Crippen molar-refractivity contribution >= 4 is 24.0 Å². The molecule has 0 unspecified atom stereocenters. The van der Waals surface area contributed by atoms with Crippen molar-refractivity contribution in [1.82, 2.24) is 0 Å². The normalized spacial score (nSPS) is 16.6. The number of carboxylic acid groups (broad SMARTS) is 1. The van der Waals surface area contributed by atoms with Crippen molar-refractivity contribution < 1.29 is 33.7 Å². The molecule has 1 aromatic rings. The molecule has 1 aromatic carbocycles. The van der Waals surface area contributed by atoms with Gasteiger partial charge in [-0.25, -0.2) is 14.4 Å². The largest absolute Gasteiger partial charge is 0.497 e. The lowest BCUT2D eigenvalue weighted by Gasteiger charge is -2.29. The molecule has 1 aliphatic heterocycles. The number of cyclic esters (lactones) is 2. The Morgan fingerprint density at radius 3 is 2.32 bits per heavy atom. The number of hydrogen-bond donors (Lipinski definition) is 1. The van der Waals surface area contributed by atoms with Gasteiger partial charge in [0.15, 0.2) is 0 Å². The standard InChI is InChI=1S/C15H14O7/c1-15(2)21-13(18)11(14(19)22-15)6-8-4-5-9(20-3)7-10(8)12(16)17/h4-7H,1-3H3,(H,16,17). The summed E-state index contributed by atoms with van der Waals surface area (Å²) in [7, 11) is 1.40. The maximum Gasteiger partial charge on any atom is 0.348 e. The minimum Gasteiger partial charge on any atom is -0.497 e. The zero-order chi connectivity index (χ0) is 16.5. The van der Waals surface area contributed by atoms with E-state index in [1.807, 2.05) is 0 Å². The number of carbonyl (C=O) groups excluding carboxylic acids is 2. The fourth-order valence-corrected chi connectivity index (χ4v) is 1.91. The van der Waals surface area contributed by atoms with Gasteiger partial charge in [0.05, 0.1) is 12.7 Å². The van der Waals surface area contributed by atoms with E-state index in [4.69, 9.17) is 14.2 Å². The Labute approximate surface area is 126 Å². The second-order valence-corrected chi connectivity index (χ2v) is 5.00. The van der Waals surface area contributed by atoms with Gasteiger partial charge in [-0.15, -0.1) is 0 Å². The van der Waals surface area contributed by atoms with E-state index in [9.17, 15) is 19.5 Å². The Morgan fingerprint density at radius 1 is 1.23 bits per heavy atom. The van der Waals surface area contributed by atoms with Gasteiger partial charge in [0.1, 0.15) is 11.3 Å². The molecule has 0 saturated carbocycles. The van der Waals surface area contributed by atoms with Crippen LogP contribution in [0.5, 0.6) is 5.75 Å². The minimum absolute atomic E-state index is 0.114. The van der Waals surface area contributed by atoms with Crippen molar-refractivity contribution in [2.24, 2.45) is 0 Å². The number of carbonyl (C=O) groups is 3. The quantitative estimate of drug-likeness (QED) is 0.514. The topological polar surface area (TPSA) is 99.1 Å². The van der Waals surface area contributed by atoms with Crippen molar-refractivity contribution in [2.45, 2.75) is 19.6 Å². The molecular formula is C15H14O7. The molecule has 1 heterocycles. The first kappa shape index (κ1) is 15.6. The average Bonchev–Trinajstić information content (AvgIpc) is 2.41. The zero-order valence-corrected chi connectivity index (χ0v) is 12.2. The summed E-state index contributed by atoms with van der Waals surface area (Å²) in [5, 5.41) is 9.21. The molecule has 7 nitrogen and oxygen atoms in total. The third kappa shape index (κ3) is 3.08. The molecule has 1 N–H and O–H groups in total. The van der Waals surface area contributed by atoms with E-state index in [1.54, 1.807) is 0 Å². The van der Waals surface area contributed by atoms with Crippen LogP contribution in [0, 0.1) is 0 Å². The van der Waals surface area contributed by atoms with Gasteiger partial charge in [-0.2, -0.15) is 0 Å². The highest BCUT2D eigenvalue weighted by molar-refractivity contribution is 6.19. The SMILES string of the molecule is COc1ccc(C=C2C(=O)OC(C)(C)OC2=O)c(C(=O)O)c1. The van der Waals surface area contributed by atoms with E-state index in [0.717, 1.165) is 6.08 Å². The van der Waals surface area contributed by atoms with E-state index in [-0.39, 0.29) is 16.7 Å². The van der Waals surface area contributed by atoms with Crippen LogP contribution in [-0.4, -0.2) is 35.9 Å². The van der Waals surface area contributed by atoms with Gasteiger partial charge in [0.2, 0.25) is 0 Å². The van der Waals surface area contributed by atoms with Crippen molar-refractivity contribution in [3.8, 4) is 5.75 Å². The zero-order valence-electron chi connectivity index (χ0n) is 12.2. The Balaban J connectivity index is 2.47. The molecule has 116 valence electrons. The Morgan fingerprint density at radius 2 is 1.82 bits per heavy atom. The van der Waals surface area contributed by atoms with Crippen LogP contribution in [0.15, 0.2) is 23.8 Å². The Hall–Kier alpha value is -2.83. The molecule has 0 radical (unpaired) electrons. The summed E-state index contributed by atoms with van der Waals surface area (Å²) in [4.78, 5) is 35.0. The molecule has 0 aliphatic carbocycles. The summed E-state index contributed by atoms with van der Waals surface area (Å²) in [5.41, 5.74) is -0.318. The van der Waals surface area contributed by atoms with Crippen LogP contribution in [-0.2, 0) is 19.1 Å². The predicted molar refractivity (Wildman–Crippen MR) is 74.2 cm³/mol. The second kappa shape index (κ2) is 5.51. The second-order valence-electron chi connectivity index (χ2n) is 5.00. The third-order valence-electron chi connectivity index (χ3n) is 2.91. The number of rotatable bonds is 3. The summed E-state index contributed by atoms with van der Waals surface area (Å²) in [5.74, 6) is -3.96. The monoisotopic (exact) mass is 306 g/mol. The van der Waals surface area contributed by atoms with E-state index in [0.29, 0.717) is 5.75 Å². The van der Waals surface area contributed by atoms with Crippen LogP contribution in [0.2, 0.25) is 0 Å². The number of esters is 2. The van der Waals surface area contributed by atoms with Gasteiger partial charge in [0.25, 0.3) is 5.79 Å². The number of carboxylic acids is 1. The van der Waals surface area contributed by atoms with Crippen LogP contribution in [0.4, 0.5) is 0 Å². The van der Waals surface area contributed by atoms with Gasteiger partial charge in [-0.3, -0.25) is 0 Å². The highest BCUT2D eigenvalue weighted by atomic mass is 16.7. The lowest BCUT2D eigenvalue weighted by molar-refractivity contribution is -0.222. The number of aromatic carboxylic acids is 1. The number of hydrogen-bond acceptors (Lipinski definition) is 6. The number of ether oxygens (including phenoxy) is 3. The lowest BCUT2D eigenvalue weighted by atomic mass is 10.0. The minimum atomic E-state index is -1.35. The molecule has 0 aromatic heterocycles. The van der Waals surface area contributed by atoms with Crippen LogP contribution < -0.4 is 4.74 Å². The summed E-state index contributed by atoms with van der Waals surface area (Å²) in [6.45, 7) is 2.85. The summed E-state index contributed by atoms with van der Waals surface area (Å²) >= 11 is 0. The molecule has 0 spiro atoms. The van der Waals surface area contributed by atoms with Gasteiger partial charge in [-0.05, 0) is 23.8 Å². The number of methoxy groups -OCH3 is 1. The number of benzene rings is 1. The smallest absolute Gasteiger partial charge is 0.348 e. The van der Waals surface area contributed by atoms with Gasteiger partial charge in [-0.1, -0.05) is 6.07 Å². The van der Waals surface area contributed by atoms with Crippen LogP contribution in [0.1, 0.15) is 29.8 Å². The molecule has 22 heavy (non-hydrogen) atoms. The molecule has 1 aliphatic rings. The van der Waals surface area contributed by atoms with E-state index in [1.165, 1.54) is 39.2 Å². The first-order chi connectivity index (χ1) is 10.2. The summed E-state index contributed by atoms with van der Waals surface area (Å²) in [6, 6.07) is 4.23. The predicted octanol–water partition coefficient (Wildman–Crippen LogP) is 1.61. The van der Waals surface area contributed by atoms with Crippen LogP contribution >= 0.6 is 0 Å². The van der Waals surface area contributed by atoms with Crippen LogP contribution in [0.3, 0.4) is 0 Å². The van der Waals surface area contributed by atoms with E-state index < -0.39 is 23.7 Å². The summed E-state index contributed by atoms with van der Waals surface area (Å²) in [6.07, 6.45) is 1.13. The molecule has 0 atom stereocenters. The van der Waals surface area contributed by atoms with E-state index in [2.05, 4.69) is 0 Å². The summed E-state index contributed by atoms with van der Waals surface area (Å²) < 4.78 is 14.9. The molecular weight excluding hydrogens is 292 g/mol. The fourth-order valence-electron chi connectivity index (χ4n) is 1.91. The third-order valence-corrected chi connectivity index (χ3v) is 2.91. The van der Waals surface area contributed by atoms with Crippen LogP contribution in [0.25, 0.3) is 6.08 Å². The highest BCUT2D eigenvalue weighted by Crippen LogP contribution is 2.26. The molecule has 1 saturated heterocycles. The maximum atomic E-state index is 11.9. The van der Waals surface area contributed by atoms with Crippen molar-refractivity contribution in [1.29, 1.82) is 0 Å². The van der Waals surface area contributed by atoms with Crippen molar-refractivity contribution in [3.05, 3.63) is 34.9 Å². The molecule has 1 fully saturated rings. The van der Waals surface area contributed by atoms with Crippen molar-refractivity contribution in [3.63, 3.8) is 0 Å². The first-order valence-electron chi connectivity index (χ1n) is 6.33.